The van der Waals surface area contributed by atoms with E-state index in [4.69, 9.17) is 4.42 Å². The summed E-state index contributed by atoms with van der Waals surface area (Å²) in [5, 5.41) is 6.58. The number of fused-ring (bicyclic) bond motifs is 3. The number of aromatic nitrogens is 1. The molecule has 122 valence electrons. The van der Waals surface area contributed by atoms with E-state index in [9.17, 15) is 9.59 Å². The summed E-state index contributed by atoms with van der Waals surface area (Å²) in [7, 11) is 0. The van der Waals surface area contributed by atoms with Crippen LogP contribution in [0.5, 0.6) is 0 Å². The van der Waals surface area contributed by atoms with Gasteiger partial charge in [-0.1, -0.05) is 18.2 Å². The van der Waals surface area contributed by atoms with Crippen LogP contribution in [-0.4, -0.2) is 22.4 Å². The molecule has 1 aliphatic rings. The van der Waals surface area contributed by atoms with E-state index in [1.54, 1.807) is 0 Å². The van der Waals surface area contributed by atoms with Gasteiger partial charge in [-0.05, 0) is 31.2 Å². The Morgan fingerprint density at radius 3 is 2.96 bits per heavy atom. The molecule has 1 aliphatic heterocycles. The van der Waals surface area contributed by atoms with E-state index >= 15 is 0 Å². The summed E-state index contributed by atoms with van der Waals surface area (Å²) in [6, 6.07) is 12.7. The van der Waals surface area contributed by atoms with Crippen LogP contribution in [0, 0.1) is 6.92 Å². The molecule has 2 aromatic heterocycles. The Balaban J connectivity index is 1.53. The summed E-state index contributed by atoms with van der Waals surface area (Å²) in [6.45, 7) is 2.57. The normalized spacial score (nSPS) is 16.7. The van der Waals surface area contributed by atoms with Crippen LogP contribution >= 0.6 is 0 Å². The maximum atomic E-state index is 12.4. The van der Waals surface area contributed by atoms with E-state index in [0.29, 0.717) is 24.5 Å². The molecule has 0 aliphatic carbocycles. The van der Waals surface area contributed by atoms with Crippen molar-refractivity contribution in [2.75, 3.05) is 0 Å². The number of aryl methyl sites for hydroxylation is 1. The lowest BCUT2D eigenvalue weighted by atomic mass is 10.2. The molecule has 3 aromatic rings. The number of furan rings is 1. The van der Waals surface area contributed by atoms with Gasteiger partial charge in [-0.25, -0.2) is 0 Å². The molecule has 0 bridgehead atoms. The summed E-state index contributed by atoms with van der Waals surface area (Å²) >= 11 is 0. The minimum Gasteiger partial charge on any atom is -0.465 e. The van der Waals surface area contributed by atoms with Crippen LogP contribution in [-0.2, 0) is 17.9 Å². The van der Waals surface area contributed by atoms with E-state index in [2.05, 4.69) is 10.6 Å². The smallest absolute Gasteiger partial charge is 0.268 e. The van der Waals surface area contributed by atoms with Crippen LogP contribution in [0.15, 0.2) is 46.9 Å². The molecule has 0 spiro atoms. The van der Waals surface area contributed by atoms with Crippen molar-refractivity contribution in [2.45, 2.75) is 26.1 Å². The Bertz CT molecular complexity index is 938. The van der Waals surface area contributed by atoms with Gasteiger partial charge >= 0.3 is 0 Å². The van der Waals surface area contributed by atoms with Crippen molar-refractivity contribution < 1.29 is 14.0 Å². The molecule has 2 N–H and O–H groups in total. The van der Waals surface area contributed by atoms with Crippen molar-refractivity contribution in [1.82, 2.24) is 15.2 Å². The zero-order valence-corrected chi connectivity index (χ0v) is 13.2. The maximum Gasteiger partial charge on any atom is 0.268 e. The fourth-order valence-electron chi connectivity index (χ4n) is 3.08. The van der Waals surface area contributed by atoms with Crippen molar-refractivity contribution >= 4 is 22.7 Å². The summed E-state index contributed by atoms with van der Waals surface area (Å²) in [5.41, 5.74) is 1.55. The second-order valence-electron chi connectivity index (χ2n) is 5.96. The van der Waals surface area contributed by atoms with Gasteiger partial charge in [0.1, 0.15) is 23.3 Å². The minimum absolute atomic E-state index is 0.221. The quantitative estimate of drug-likeness (QED) is 0.774. The number of rotatable bonds is 3. The van der Waals surface area contributed by atoms with Crippen molar-refractivity contribution in [1.29, 1.82) is 0 Å². The molecule has 1 aromatic carbocycles. The summed E-state index contributed by atoms with van der Waals surface area (Å²) in [4.78, 5) is 24.7. The van der Waals surface area contributed by atoms with Gasteiger partial charge in [0.05, 0.1) is 13.1 Å². The third-order valence-electron chi connectivity index (χ3n) is 4.26. The van der Waals surface area contributed by atoms with E-state index < -0.39 is 6.04 Å². The summed E-state index contributed by atoms with van der Waals surface area (Å²) < 4.78 is 7.33. The molecule has 3 heterocycles. The van der Waals surface area contributed by atoms with Gasteiger partial charge in [-0.15, -0.1) is 0 Å². The molecule has 6 heteroatoms. The third-order valence-corrected chi connectivity index (χ3v) is 4.26. The predicted octanol–water partition coefficient (Wildman–Crippen LogP) is 1.97. The number of para-hydroxylation sites is 1. The molecule has 2 amide bonds. The average molecular weight is 323 g/mol. The van der Waals surface area contributed by atoms with Gasteiger partial charge in [0.25, 0.3) is 5.91 Å². The zero-order valence-electron chi connectivity index (χ0n) is 13.2. The average Bonchev–Trinajstić information content (AvgIpc) is 3.16. The molecular formula is C18H17N3O3. The highest BCUT2D eigenvalue weighted by atomic mass is 16.3. The lowest BCUT2D eigenvalue weighted by Crippen LogP contribution is -2.52. The number of nitrogens with zero attached hydrogens (tertiary/aromatic N) is 1. The number of hydrogen-bond donors (Lipinski definition) is 2. The van der Waals surface area contributed by atoms with Crippen molar-refractivity contribution in [2.24, 2.45) is 0 Å². The van der Waals surface area contributed by atoms with Crippen LogP contribution in [0.25, 0.3) is 10.9 Å². The van der Waals surface area contributed by atoms with Crippen LogP contribution in [0.1, 0.15) is 22.0 Å². The second kappa shape index (κ2) is 5.56. The number of nitrogens with one attached hydrogen (secondary N) is 2. The highest BCUT2D eigenvalue weighted by molar-refractivity contribution is 6.02. The standard InChI is InChI=1S/C18H17N3O3/c1-11-6-7-13(24-11)9-19-17(22)14-10-21-15-5-3-2-4-12(15)8-16(21)18(23)20-14/h2-8,14H,9-10H2,1H3,(H,19,22)(H,20,23)/t14-/m0/s1. The molecule has 0 radical (unpaired) electrons. The Labute approximate surface area is 138 Å². The van der Waals surface area contributed by atoms with Crippen LogP contribution < -0.4 is 10.6 Å². The first kappa shape index (κ1) is 14.6. The lowest BCUT2D eigenvalue weighted by Gasteiger charge is -2.25. The summed E-state index contributed by atoms with van der Waals surface area (Å²) in [5.74, 6) is 1.04. The summed E-state index contributed by atoms with van der Waals surface area (Å²) in [6.07, 6.45) is 0. The van der Waals surface area contributed by atoms with Crippen LogP contribution in [0.3, 0.4) is 0 Å². The number of carbonyl (C=O) groups excluding carboxylic acids is 2. The van der Waals surface area contributed by atoms with E-state index in [0.717, 1.165) is 16.7 Å². The van der Waals surface area contributed by atoms with Crippen LogP contribution in [0.4, 0.5) is 0 Å². The number of benzene rings is 1. The zero-order chi connectivity index (χ0) is 16.7. The van der Waals surface area contributed by atoms with E-state index in [1.807, 2.05) is 54.0 Å². The molecule has 0 saturated heterocycles. The van der Waals surface area contributed by atoms with Gasteiger partial charge in [0, 0.05) is 10.9 Å². The Morgan fingerprint density at radius 1 is 1.33 bits per heavy atom. The number of hydrogen-bond acceptors (Lipinski definition) is 3. The molecule has 1 atom stereocenters. The predicted molar refractivity (Wildman–Crippen MR) is 88.5 cm³/mol. The molecule has 0 fully saturated rings. The highest BCUT2D eigenvalue weighted by Crippen LogP contribution is 2.22. The monoisotopic (exact) mass is 323 g/mol. The first-order chi connectivity index (χ1) is 11.6. The Kier molecular flexibility index (Phi) is 3.37. The van der Waals surface area contributed by atoms with Gasteiger partial charge in [-0.3, -0.25) is 9.59 Å². The Hall–Kier alpha value is -3.02. The van der Waals surface area contributed by atoms with Crippen molar-refractivity contribution in [3.63, 3.8) is 0 Å². The first-order valence-electron chi connectivity index (χ1n) is 7.84. The topological polar surface area (TPSA) is 76.3 Å². The second-order valence-corrected chi connectivity index (χ2v) is 5.96. The number of carbonyl (C=O) groups is 2. The van der Waals surface area contributed by atoms with Crippen molar-refractivity contribution in [3.05, 3.63) is 59.7 Å². The first-order valence-corrected chi connectivity index (χ1v) is 7.84. The largest absolute Gasteiger partial charge is 0.465 e. The molecule has 6 nitrogen and oxygen atoms in total. The van der Waals surface area contributed by atoms with Gasteiger partial charge < -0.3 is 19.6 Å². The van der Waals surface area contributed by atoms with Gasteiger partial charge in [0.15, 0.2) is 0 Å². The molecular weight excluding hydrogens is 306 g/mol. The molecule has 24 heavy (non-hydrogen) atoms. The Morgan fingerprint density at radius 2 is 2.17 bits per heavy atom. The lowest BCUT2D eigenvalue weighted by molar-refractivity contribution is -0.123. The van der Waals surface area contributed by atoms with Crippen molar-refractivity contribution in [3.8, 4) is 0 Å². The minimum atomic E-state index is -0.600. The van der Waals surface area contributed by atoms with Gasteiger partial charge in [-0.2, -0.15) is 0 Å². The SMILES string of the molecule is Cc1ccc(CNC(=O)[C@@H]2Cn3c(cc4ccccc43)C(=O)N2)o1. The van der Waals surface area contributed by atoms with Crippen LogP contribution in [0.2, 0.25) is 0 Å². The fourth-order valence-corrected chi connectivity index (χ4v) is 3.08. The molecule has 4 rings (SSSR count). The third kappa shape index (κ3) is 2.46. The molecule has 0 unspecified atom stereocenters. The highest BCUT2D eigenvalue weighted by Gasteiger charge is 2.30. The van der Waals surface area contributed by atoms with E-state index in [1.165, 1.54) is 0 Å². The molecule has 0 saturated carbocycles. The number of amides is 2. The maximum absolute atomic E-state index is 12.4. The van der Waals surface area contributed by atoms with E-state index in [-0.39, 0.29) is 11.8 Å². The van der Waals surface area contributed by atoms with Gasteiger partial charge in [0.2, 0.25) is 5.91 Å². The fraction of sp³-hybridized carbons (Fsp3) is 0.222.